The van der Waals surface area contributed by atoms with Gasteiger partial charge in [0.25, 0.3) is 0 Å². The van der Waals surface area contributed by atoms with Crippen molar-refractivity contribution in [1.29, 1.82) is 0 Å². The molecule has 0 saturated carbocycles. The third kappa shape index (κ3) is 1.57. The Kier molecular flexibility index (Phi) is 1.32. The molecule has 0 amide bonds. The number of ketones is 2. The van der Waals surface area contributed by atoms with Gasteiger partial charge in [-0.05, 0) is 48.2 Å². The Morgan fingerprint density at radius 2 is 2.00 bits per heavy atom. The molecule has 0 aliphatic heterocycles. The first-order valence-electron chi connectivity index (χ1n) is 11.5. The molecule has 0 bridgehead atoms. The van der Waals surface area contributed by atoms with Crippen molar-refractivity contribution in [3.05, 3.63) is 46.2 Å². The van der Waals surface area contributed by atoms with E-state index in [4.69, 9.17) is 16.8 Å². The molecule has 4 rings (SSSR count). The summed E-state index contributed by atoms with van der Waals surface area (Å²) in [6.45, 7) is -8.43. The van der Waals surface area contributed by atoms with Gasteiger partial charge < -0.3 is 4.42 Å². The molecule has 0 saturated heterocycles. The number of hydrogen-bond acceptors (Lipinski definition) is 3. The van der Waals surface area contributed by atoms with Crippen LogP contribution in [0.2, 0.25) is 0 Å². The summed E-state index contributed by atoms with van der Waals surface area (Å²) < 4.78 is 76.3. The van der Waals surface area contributed by atoms with Crippen molar-refractivity contribution in [3.8, 4) is 11.3 Å². The highest BCUT2D eigenvalue weighted by molar-refractivity contribution is 6.53. The van der Waals surface area contributed by atoms with E-state index in [-0.39, 0.29) is 58.4 Å². The first-order chi connectivity index (χ1) is 14.1. The van der Waals surface area contributed by atoms with Gasteiger partial charge in [0.2, 0.25) is 11.6 Å². The molecule has 2 aliphatic carbocycles. The third-order valence-corrected chi connectivity index (χ3v) is 4.45. The molecule has 0 unspecified atom stereocenters. The number of carbonyl (C=O) groups excluding carboxylic acids is 2. The first-order valence-corrected chi connectivity index (χ1v) is 7.00. The molecule has 3 heteroatoms. The zero-order valence-corrected chi connectivity index (χ0v) is 11.6. The lowest BCUT2D eigenvalue weighted by atomic mass is 9.69. The van der Waals surface area contributed by atoms with E-state index in [1.807, 2.05) is 0 Å². The standard InChI is InChI=1S/C19H18O3/c1-10-9-22-18-12-6-7-13-11(5-4-8-19(13,2)3)15(12)17(21)16(20)14(10)18/h6-7,9H,4-5,8H2,1-3H3/i1D3,2D3,3D3. The lowest BCUT2D eigenvalue weighted by Gasteiger charge is -2.34. The number of benzene rings is 1. The zero-order chi connectivity index (χ0) is 23.1. The number of hydrogen-bond donors (Lipinski definition) is 0. The van der Waals surface area contributed by atoms with Crippen molar-refractivity contribution in [2.75, 3.05) is 0 Å². The second-order valence-electron chi connectivity index (χ2n) is 5.78. The van der Waals surface area contributed by atoms with Crippen molar-refractivity contribution in [2.45, 2.75) is 45.2 Å². The molecule has 0 spiro atoms. The van der Waals surface area contributed by atoms with Crippen LogP contribution in [0.25, 0.3) is 11.3 Å². The molecular formula is C19H18O3. The molecule has 1 heterocycles. The van der Waals surface area contributed by atoms with E-state index < -0.39 is 37.5 Å². The van der Waals surface area contributed by atoms with Gasteiger partial charge in [-0.1, -0.05) is 25.8 Å². The topological polar surface area (TPSA) is 47.3 Å². The maximum absolute atomic E-state index is 13.1. The normalized spacial score (nSPS) is 26.5. The molecule has 0 atom stereocenters. The van der Waals surface area contributed by atoms with E-state index in [0.29, 0.717) is 0 Å². The van der Waals surface area contributed by atoms with E-state index in [9.17, 15) is 9.59 Å². The summed E-state index contributed by atoms with van der Waals surface area (Å²) in [5.41, 5.74) is -2.61. The summed E-state index contributed by atoms with van der Waals surface area (Å²) in [4.78, 5) is 25.9. The van der Waals surface area contributed by atoms with E-state index >= 15 is 0 Å². The molecule has 22 heavy (non-hydrogen) atoms. The van der Waals surface area contributed by atoms with E-state index in [1.165, 1.54) is 12.1 Å². The summed E-state index contributed by atoms with van der Waals surface area (Å²) in [7, 11) is 0. The van der Waals surface area contributed by atoms with Crippen LogP contribution in [0.1, 0.15) is 76.3 Å². The van der Waals surface area contributed by atoms with E-state index in [1.54, 1.807) is 0 Å². The van der Waals surface area contributed by atoms with Gasteiger partial charge in [-0.3, -0.25) is 9.59 Å². The van der Waals surface area contributed by atoms with Crippen molar-refractivity contribution >= 4 is 11.6 Å². The quantitative estimate of drug-likeness (QED) is 0.684. The van der Waals surface area contributed by atoms with Crippen LogP contribution in [-0.2, 0) is 11.8 Å². The molecule has 112 valence electrons. The van der Waals surface area contributed by atoms with Crippen molar-refractivity contribution < 1.29 is 26.3 Å². The van der Waals surface area contributed by atoms with Crippen LogP contribution in [0.4, 0.5) is 0 Å². The highest BCUT2D eigenvalue weighted by atomic mass is 16.3. The van der Waals surface area contributed by atoms with Crippen LogP contribution < -0.4 is 0 Å². The lowest BCUT2D eigenvalue weighted by molar-refractivity contribution is 0.0813. The Bertz CT molecular complexity index is 1100. The largest absolute Gasteiger partial charge is 0.463 e. The number of furan rings is 1. The maximum atomic E-state index is 13.1. The van der Waals surface area contributed by atoms with E-state index in [0.717, 1.165) is 6.26 Å². The molecule has 3 nitrogen and oxygen atoms in total. The predicted molar refractivity (Wildman–Crippen MR) is 83.5 cm³/mol. The minimum atomic E-state index is -2.88. The van der Waals surface area contributed by atoms with Gasteiger partial charge in [-0.2, -0.15) is 0 Å². The van der Waals surface area contributed by atoms with Gasteiger partial charge >= 0.3 is 0 Å². The monoisotopic (exact) mass is 303 g/mol. The Morgan fingerprint density at radius 3 is 2.77 bits per heavy atom. The average Bonchev–Trinajstić information content (AvgIpc) is 3.08. The maximum Gasteiger partial charge on any atom is 0.237 e. The minimum absolute atomic E-state index is 0.00435. The van der Waals surface area contributed by atoms with E-state index in [2.05, 4.69) is 0 Å². The smallest absolute Gasteiger partial charge is 0.237 e. The molecule has 0 fully saturated rings. The van der Waals surface area contributed by atoms with Crippen molar-refractivity contribution in [2.24, 2.45) is 0 Å². The fraction of sp³-hybridized carbons (Fsp3) is 0.368. The van der Waals surface area contributed by atoms with Crippen LogP contribution >= 0.6 is 0 Å². The third-order valence-electron chi connectivity index (χ3n) is 4.45. The van der Waals surface area contributed by atoms with Gasteiger partial charge in [-0.25, -0.2) is 0 Å². The molecule has 1 aromatic heterocycles. The molecular weight excluding hydrogens is 276 g/mol. The van der Waals surface area contributed by atoms with Gasteiger partial charge in [0.15, 0.2) is 0 Å². The van der Waals surface area contributed by atoms with Crippen LogP contribution in [0, 0.1) is 6.85 Å². The highest BCUT2D eigenvalue weighted by Gasteiger charge is 2.39. The molecule has 0 radical (unpaired) electrons. The summed E-state index contributed by atoms with van der Waals surface area (Å²) >= 11 is 0. The Hall–Kier alpha value is -2.16. The van der Waals surface area contributed by atoms with Gasteiger partial charge in [0, 0.05) is 23.5 Å². The zero-order valence-electron chi connectivity index (χ0n) is 20.6. The first kappa shape index (κ1) is 6.95. The second-order valence-corrected chi connectivity index (χ2v) is 5.78. The SMILES string of the molecule is [2H]C([2H])([2H])c1coc2c1C(=O)C(=O)c1c-2ccc2c1CCCC2(C([2H])([2H])[2H])C([2H])([2H])[2H]. The number of fused-ring (bicyclic) bond motifs is 5. The summed E-state index contributed by atoms with van der Waals surface area (Å²) in [5, 5.41) is 0. The predicted octanol–water partition coefficient (Wildman–Crippen LogP) is 4.25. The number of carbonyl (C=O) groups is 2. The number of Topliss-reactive ketones (excluding diaryl/α,β-unsaturated/α-hetero) is 2. The highest BCUT2D eigenvalue weighted by Crippen LogP contribution is 2.44. The van der Waals surface area contributed by atoms with Crippen molar-refractivity contribution in [1.82, 2.24) is 0 Å². The fourth-order valence-electron chi connectivity index (χ4n) is 3.43. The average molecular weight is 303 g/mol. The minimum Gasteiger partial charge on any atom is -0.463 e. The van der Waals surface area contributed by atoms with Crippen LogP contribution in [0.15, 0.2) is 22.8 Å². The van der Waals surface area contributed by atoms with Crippen LogP contribution in [0.3, 0.4) is 0 Å². The summed E-state index contributed by atoms with van der Waals surface area (Å²) in [5.74, 6) is -2.12. The Labute approximate surface area is 142 Å². The fourth-order valence-corrected chi connectivity index (χ4v) is 3.43. The molecule has 0 N–H and O–H groups in total. The summed E-state index contributed by atoms with van der Waals surface area (Å²) in [6, 6.07) is 2.71. The summed E-state index contributed by atoms with van der Waals surface area (Å²) in [6.07, 6.45) is 1.22. The van der Waals surface area contributed by atoms with Gasteiger partial charge in [0.05, 0.1) is 11.8 Å². The number of rotatable bonds is 0. The van der Waals surface area contributed by atoms with Gasteiger partial charge in [-0.15, -0.1) is 0 Å². The van der Waals surface area contributed by atoms with Crippen LogP contribution in [-0.4, -0.2) is 11.6 Å². The Balaban J connectivity index is 2.05. The molecule has 2 aromatic rings. The van der Waals surface area contributed by atoms with Crippen LogP contribution in [0.5, 0.6) is 0 Å². The molecule has 1 aromatic carbocycles. The van der Waals surface area contributed by atoms with Crippen molar-refractivity contribution in [3.63, 3.8) is 0 Å². The van der Waals surface area contributed by atoms with Gasteiger partial charge in [0.1, 0.15) is 5.76 Å². The Morgan fingerprint density at radius 1 is 1.18 bits per heavy atom. The molecule has 2 aliphatic rings. The number of aryl methyl sites for hydroxylation is 1. The second kappa shape index (κ2) is 4.19. The lowest BCUT2D eigenvalue weighted by Crippen LogP contribution is -2.29.